The van der Waals surface area contributed by atoms with E-state index in [1.807, 2.05) is 60.7 Å². The van der Waals surface area contributed by atoms with Crippen LogP contribution in [0.1, 0.15) is 55.8 Å². The van der Waals surface area contributed by atoms with E-state index in [0.29, 0.717) is 22.6 Å². The summed E-state index contributed by atoms with van der Waals surface area (Å²) in [5.74, 6) is 0.293. The summed E-state index contributed by atoms with van der Waals surface area (Å²) >= 11 is 0. The van der Waals surface area contributed by atoms with Crippen LogP contribution in [0.3, 0.4) is 0 Å². The van der Waals surface area contributed by atoms with Crippen molar-refractivity contribution in [2.45, 2.75) is 31.1 Å². The van der Waals surface area contributed by atoms with Crippen LogP contribution in [0.2, 0.25) is 0 Å². The van der Waals surface area contributed by atoms with E-state index in [4.69, 9.17) is 9.47 Å². The molecule has 0 amide bonds. The SMILES string of the molecule is O=C(Oc1ccccc1)c1cccc2c1C1(CC2)CCc2cccc(C(=O)Oc3ccccc3)c21. The van der Waals surface area contributed by atoms with Gasteiger partial charge in [0.25, 0.3) is 0 Å². The number of carbonyl (C=O) groups is 2. The van der Waals surface area contributed by atoms with Crippen molar-refractivity contribution in [1.29, 1.82) is 0 Å². The second-order valence-corrected chi connectivity index (χ2v) is 9.17. The van der Waals surface area contributed by atoms with Crippen molar-refractivity contribution in [3.05, 3.63) is 130 Å². The van der Waals surface area contributed by atoms with Gasteiger partial charge in [-0.2, -0.15) is 0 Å². The molecule has 2 aliphatic carbocycles. The molecular weight excluding hydrogens is 436 g/mol. The molecule has 0 aliphatic heterocycles. The lowest BCUT2D eigenvalue weighted by Gasteiger charge is -2.30. The van der Waals surface area contributed by atoms with Crippen LogP contribution in [0.25, 0.3) is 0 Å². The molecule has 1 spiro atoms. The van der Waals surface area contributed by atoms with Gasteiger partial charge in [-0.3, -0.25) is 0 Å². The lowest BCUT2D eigenvalue weighted by atomic mass is 9.73. The van der Waals surface area contributed by atoms with Gasteiger partial charge in [0.2, 0.25) is 0 Å². The Balaban J connectivity index is 1.44. The van der Waals surface area contributed by atoms with Crippen LogP contribution < -0.4 is 9.47 Å². The zero-order valence-corrected chi connectivity index (χ0v) is 19.2. The number of benzene rings is 4. The molecule has 0 fully saturated rings. The van der Waals surface area contributed by atoms with E-state index >= 15 is 0 Å². The second-order valence-electron chi connectivity index (χ2n) is 9.17. The molecule has 4 heteroatoms. The van der Waals surface area contributed by atoms with E-state index in [2.05, 4.69) is 12.1 Å². The minimum Gasteiger partial charge on any atom is -0.423 e. The Labute approximate surface area is 204 Å². The van der Waals surface area contributed by atoms with Crippen LogP contribution in [-0.4, -0.2) is 11.9 Å². The number of carbonyl (C=O) groups excluding carboxylic acids is 2. The molecule has 0 saturated carbocycles. The standard InChI is InChI=1S/C31H24O4/c32-29(34-23-11-3-1-4-12-23)25-15-7-9-21-17-19-31(27(21)25)20-18-22-10-8-16-26(28(22)31)30(33)35-24-13-5-2-6-14-24/h1-16H,17-20H2. The number of hydrogen-bond donors (Lipinski definition) is 0. The number of para-hydroxylation sites is 2. The van der Waals surface area contributed by atoms with Crippen molar-refractivity contribution >= 4 is 11.9 Å². The zero-order chi connectivity index (χ0) is 23.8. The summed E-state index contributed by atoms with van der Waals surface area (Å²) in [6.07, 6.45) is 3.40. The van der Waals surface area contributed by atoms with E-state index in [1.165, 1.54) is 0 Å². The summed E-state index contributed by atoms with van der Waals surface area (Å²) < 4.78 is 11.5. The second kappa shape index (κ2) is 8.55. The fourth-order valence-electron chi connectivity index (χ4n) is 5.83. The molecule has 2 aliphatic rings. The van der Waals surface area contributed by atoms with Gasteiger partial charge in [0.1, 0.15) is 11.5 Å². The third-order valence-corrected chi connectivity index (χ3v) is 7.25. The predicted molar refractivity (Wildman–Crippen MR) is 133 cm³/mol. The van der Waals surface area contributed by atoms with E-state index < -0.39 is 5.41 Å². The number of fused-ring (bicyclic) bond motifs is 4. The maximum absolute atomic E-state index is 13.4. The van der Waals surface area contributed by atoms with Gasteiger partial charge in [-0.1, -0.05) is 60.7 Å². The Bertz CT molecular complexity index is 1310. The van der Waals surface area contributed by atoms with Crippen LogP contribution in [-0.2, 0) is 18.3 Å². The van der Waals surface area contributed by atoms with Gasteiger partial charge in [0.15, 0.2) is 0 Å². The lowest BCUT2D eigenvalue weighted by molar-refractivity contribution is 0.0725. The first-order valence-electron chi connectivity index (χ1n) is 11.9. The smallest absolute Gasteiger partial charge is 0.343 e. The molecule has 0 bridgehead atoms. The normalized spacial score (nSPS) is 14.9. The van der Waals surface area contributed by atoms with Crippen LogP contribution >= 0.6 is 0 Å². The minimum atomic E-state index is -0.413. The van der Waals surface area contributed by atoms with E-state index in [0.717, 1.165) is 47.9 Å². The number of hydrogen-bond acceptors (Lipinski definition) is 4. The Morgan fingerprint density at radius 3 is 1.40 bits per heavy atom. The molecule has 35 heavy (non-hydrogen) atoms. The quantitative estimate of drug-likeness (QED) is 0.265. The maximum Gasteiger partial charge on any atom is 0.343 e. The third kappa shape index (κ3) is 3.62. The van der Waals surface area contributed by atoms with Crippen molar-refractivity contribution in [3.63, 3.8) is 0 Å². The molecule has 4 aromatic rings. The van der Waals surface area contributed by atoms with Crippen LogP contribution in [0, 0.1) is 0 Å². The Morgan fingerprint density at radius 2 is 0.971 bits per heavy atom. The zero-order valence-electron chi connectivity index (χ0n) is 19.2. The van der Waals surface area contributed by atoms with E-state index in [-0.39, 0.29) is 11.9 Å². The van der Waals surface area contributed by atoms with Gasteiger partial charge < -0.3 is 9.47 Å². The van der Waals surface area contributed by atoms with Crippen LogP contribution in [0.15, 0.2) is 97.1 Å². The lowest BCUT2D eigenvalue weighted by Crippen LogP contribution is -2.28. The number of rotatable bonds is 4. The third-order valence-electron chi connectivity index (χ3n) is 7.25. The highest BCUT2D eigenvalue weighted by Crippen LogP contribution is 2.54. The van der Waals surface area contributed by atoms with Crippen molar-refractivity contribution in [2.75, 3.05) is 0 Å². The molecule has 0 radical (unpaired) electrons. The molecule has 0 N–H and O–H groups in total. The average Bonchev–Trinajstić information content (AvgIpc) is 3.47. The molecule has 4 nitrogen and oxygen atoms in total. The minimum absolute atomic E-state index is 0.368. The molecular formula is C31H24O4. The molecule has 6 rings (SSSR count). The average molecular weight is 461 g/mol. The van der Waals surface area contributed by atoms with Gasteiger partial charge in [0.05, 0.1) is 11.1 Å². The topological polar surface area (TPSA) is 52.6 Å². The van der Waals surface area contributed by atoms with Crippen LogP contribution in [0.5, 0.6) is 11.5 Å². The van der Waals surface area contributed by atoms with Gasteiger partial charge in [-0.15, -0.1) is 0 Å². The molecule has 0 saturated heterocycles. The van der Waals surface area contributed by atoms with E-state index in [9.17, 15) is 9.59 Å². The molecule has 172 valence electrons. The molecule has 0 unspecified atom stereocenters. The molecule has 0 aromatic heterocycles. The van der Waals surface area contributed by atoms with Crippen molar-refractivity contribution < 1.29 is 19.1 Å². The summed E-state index contributed by atoms with van der Waals surface area (Å²) in [5, 5.41) is 0. The largest absolute Gasteiger partial charge is 0.423 e. The fourth-order valence-corrected chi connectivity index (χ4v) is 5.83. The highest BCUT2D eigenvalue weighted by atomic mass is 16.5. The summed E-state index contributed by atoms with van der Waals surface area (Å²) in [4.78, 5) is 26.7. The van der Waals surface area contributed by atoms with Gasteiger partial charge in [-0.25, -0.2) is 9.59 Å². The van der Waals surface area contributed by atoms with Crippen molar-refractivity contribution in [3.8, 4) is 11.5 Å². The first kappa shape index (κ1) is 21.4. The van der Waals surface area contributed by atoms with Crippen molar-refractivity contribution in [1.82, 2.24) is 0 Å². The summed E-state index contributed by atoms with van der Waals surface area (Å²) in [6.45, 7) is 0. The highest BCUT2D eigenvalue weighted by molar-refractivity contribution is 5.97. The number of aryl methyl sites for hydroxylation is 2. The van der Waals surface area contributed by atoms with Gasteiger partial charge >= 0.3 is 11.9 Å². The first-order chi connectivity index (χ1) is 17.2. The van der Waals surface area contributed by atoms with Gasteiger partial charge in [-0.05, 0) is 84.3 Å². The summed E-state index contributed by atoms with van der Waals surface area (Å²) in [5.41, 5.74) is 5.02. The molecule has 0 heterocycles. The van der Waals surface area contributed by atoms with Crippen LogP contribution in [0.4, 0.5) is 0 Å². The first-order valence-corrected chi connectivity index (χ1v) is 11.9. The predicted octanol–water partition coefficient (Wildman–Crippen LogP) is 6.30. The van der Waals surface area contributed by atoms with E-state index in [1.54, 1.807) is 24.3 Å². The Kier molecular flexibility index (Phi) is 5.22. The highest BCUT2D eigenvalue weighted by Gasteiger charge is 2.49. The molecule has 4 aromatic carbocycles. The molecule has 0 atom stereocenters. The summed E-state index contributed by atoms with van der Waals surface area (Å²) in [6, 6.07) is 30.0. The maximum atomic E-state index is 13.4. The number of esters is 2. The fraction of sp³-hybridized carbons (Fsp3) is 0.161. The monoisotopic (exact) mass is 460 g/mol. The summed E-state index contributed by atoms with van der Waals surface area (Å²) in [7, 11) is 0. The van der Waals surface area contributed by atoms with Crippen molar-refractivity contribution in [2.24, 2.45) is 0 Å². The van der Waals surface area contributed by atoms with Gasteiger partial charge in [0, 0.05) is 5.41 Å². The Morgan fingerprint density at radius 1 is 0.543 bits per heavy atom. The Hall–Kier alpha value is -4.18. The number of ether oxygens (including phenoxy) is 2.